The Morgan fingerprint density at radius 3 is 2.82 bits per heavy atom. The van der Waals surface area contributed by atoms with Crippen molar-refractivity contribution in [3.05, 3.63) is 11.6 Å². The van der Waals surface area contributed by atoms with Crippen LogP contribution in [0.25, 0.3) is 0 Å². The number of rotatable bonds is 8. The molecule has 17 heavy (non-hydrogen) atoms. The summed E-state index contributed by atoms with van der Waals surface area (Å²) in [6.45, 7) is 5.15. The molecule has 0 radical (unpaired) electrons. The van der Waals surface area contributed by atoms with Gasteiger partial charge in [0.1, 0.15) is 0 Å². The summed E-state index contributed by atoms with van der Waals surface area (Å²) in [6.07, 6.45) is 3.79. The van der Waals surface area contributed by atoms with E-state index in [2.05, 4.69) is 24.1 Å². The van der Waals surface area contributed by atoms with Gasteiger partial charge in [-0.05, 0) is 24.7 Å². The van der Waals surface area contributed by atoms with Crippen molar-refractivity contribution in [2.24, 2.45) is 11.8 Å². The van der Waals surface area contributed by atoms with Crippen molar-refractivity contribution in [2.75, 3.05) is 11.9 Å². The van der Waals surface area contributed by atoms with Gasteiger partial charge >= 0.3 is 5.97 Å². The minimum absolute atomic E-state index is 0.264. The highest BCUT2D eigenvalue weighted by Crippen LogP contribution is 2.21. The lowest BCUT2D eigenvalue weighted by Gasteiger charge is -2.20. The van der Waals surface area contributed by atoms with Gasteiger partial charge in [0.05, 0.1) is 0 Å². The molecule has 0 saturated heterocycles. The number of aromatic nitrogens is 1. The molecule has 1 heterocycles. The summed E-state index contributed by atoms with van der Waals surface area (Å²) in [6, 6.07) is 0. The Bertz CT molecular complexity index is 325. The van der Waals surface area contributed by atoms with Crippen LogP contribution in [0.5, 0.6) is 0 Å². The number of thiazole rings is 1. The summed E-state index contributed by atoms with van der Waals surface area (Å²) in [5, 5.41) is 14.8. The fraction of sp³-hybridized carbons (Fsp3) is 0.667. The van der Waals surface area contributed by atoms with Crippen molar-refractivity contribution in [1.29, 1.82) is 0 Å². The van der Waals surface area contributed by atoms with Crippen molar-refractivity contribution in [3.63, 3.8) is 0 Å². The Morgan fingerprint density at radius 1 is 1.53 bits per heavy atom. The van der Waals surface area contributed by atoms with Crippen molar-refractivity contribution >= 4 is 22.4 Å². The molecule has 0 amide bonds. The minimum Gasteiger partial charge on any atom is -0.481 e. The van der Waals surface area contributed by atoms with Gasteiger partial charge in [-0.1, -0.05) is 13.8 Å². The molecule has 0 aromatic carbocycles. The monoisotopic (exact) mass is 256 g/mol. The van der Waals surface area contributed by atoms with Crippen LogP contribution < -0.4 is 5.32 Å². The summed E-state index contributed by atoms with van der Waals surface area (Å²) in [5.41, 5.74) is 0. The van der Waals surface area contributed by atoms with Crippen LogP contribution in [0.1, 0.15) is 33.1 Å². The predicted octanol–water partition coefficient (Wildman–Crippen LogP) is 3.08. The summed E-state index contributed by atoms with van der Waals surface area (Å²) < 4.78 is 0. The molecular weight excluding hydrogens is 236 g/mol. The van der Waals surface area contributed by atoms with Crippen LogP contribution in [0.15, 0.2) is 11.6 Å². The topological polar surface area (TPSA) is 62.2 Å². The third-order valence-electron chi connectivity index (χ3n) is 2.90. The van der Waals surface area contributed by atoms with Crippen LogP contribution in [-0.2, 0) is 4.79 Å². The van der Waals surface area contributed by atoms with Crippen molar-refractivity contribution in [1.82, 2.24) is 4.98 Å². The predicted molar refractivity (Wildman–Crippen MR) is 70.4 cm³/mol. The zero-order valence-corrected chi connectivity index (χ0v) is 11.2. The summed E-state index contributed by atoms with van der Waals surface area (Å²) in [5.74, 6) is 0.273. The van der Waals surface area contributed by atoms with E-state index >= 15 is 0 Å². The molecule has 1 aromatic rings. The number of nitrogens with zero attached hydrogens (tertiary/aromatic N) is 1. The molecule has 0 aliphatic carbocycles. The molecule has 0 aliphatic rings. The van der Waals surface area contributed by atoms with E-state index in [-0.39, 0.29) is 6.42 Å². The first-order valence-corrected chi connectivity index (χ1v) is 6.82. The van der Waals surface area contributed by atoms with Crippen LogP contribution in [-0.4, -0.2) is 22.6 Å². The highest BCUT2D eigenvalue weighted by molar-refractivity contribution is 7.13. The molecule has 0 spiro atoms. The molecule has 0 fully saturated rings. The van der Waals surface area contributed by atoms with Crippen molar-refractivity contribution in [2.45, 2.75) is 33.1 Å². The third kappa shape index (κ3) is 5.68. The lowest BCUT2D eigenvalue weighted by Crippen LogP contribution is -2.15. The smallest absolute Gasteiger partial charge is 0.303 e. The van der Waals surface area contributed by atoms with E-state index in [1.54, 1.807) is 17.5 Å². The average Bonchev–Trinajstić information content (AvgIpc) is 2.74. The van der Waals surface area contributed by atoms with E-state index in [4.69, 9.17) is 5.11 Å². The molecule has 1 aromatic heterocycles. The van der Waals surface area contributed by atoms with Crippen LogP contribution in [0.2, 0.25) is 0 Å². The average molecular weight is 256 g/mol. The minimum atomic E-state index is -0.705. The van der Waals surface area contributed by atoms with E-state index < -0.39 is 5.97 Å². The van der Waals surface area contributed by atoms with Gasteiger partial charge in [0.25, 0.3) is 0 Å². The number of aliphatic carboxylic acids is 1. The third-order valence-corrected chi connectivity index (χ3v) is 3.63. The normalized spacial score (nSPS) is 12.6. The zero-order valence-electron chi connectivity index (χ0n) is 10.3. The maximum Gasteiger partial charge on any atom is 0.303 e. The first-order valence-electron chi connectivity index (χ1n) is 5.94. The lowest BCUT2D eigenvalue weighted by atomic mass is 9.88. The van der Waals surface area contributed by atoms with Crippen LogP contribution in [0.3, 0.4) is 0 Å². The quantitative estimate of drug-likeness (QED) is 0.750. The highest BCUT2D eigenvalue weighted by atomic mass is 32.1. The van der Waals surface area contributed by atoms with Gasteiger partial charge in [-0.2, -0.15) is 0 Å². The first-order chi connectivity index (χ1) is 8.09. The molecule has 5 heteroatoms. The van der Waals surface area contributed by atoms with E-state index in [0.29, 0.717) is 11.8 Å². The fourth-order valence-electron chi connectivity index (χ4n) is 1.80. The Hall–Kier alpha value is -1.10. The van der Waals surface area contributed by atoms with Crippen LogP contribution in [0.4, 0.5) is 5.13 Å². The number of carbonyl (C=O) groups is 1. The van der Waals surface area contributed by atoms with Gasteiger partial charge in [0, 0.05) is 24.5 Å². The molecule has 0 saturated carbocycles. The zero-order chi connectivity index (χ0) is 12.7. The van der Waals surface area contributed by atoms with Gasteiger partial charge in [0.2, 0.25) is 0 Å². The number of carboxylic acids is 1. The number of anilines is 1. The van der Waals surface area contributed by atoms with E-state index in [0.717, 1.165) is 24.5 Å². The number of hydrogen-bond donors (Lipinski definition) is 2. The molecule has 0 bridgehead atoms. The van der Waals surface area contributed by atoms with Gasteiger partial charge in [0.15, 0.2) is 5.13 Å². The Morgan fingerprint density at radius 2 is 2.29 bits per heavy atom. The van der Waals surface area contributed by atoms with E-state index in [1.165, 1.54) is 0 Å². The molecule has 4 nitrogen and oxygen atoms in total. The molecular formula is C12H20N2O2S. The van der Waals surface area contributed by atoms with E-state index in [9.17, 15) is 4.79 Å². The molecule has 1 unspecified atom stereocenters. The Kier molecular flexibility index (Phi) is 5.97. The molecule has 96 valence electrons. The van der Waals surface area contributed by atoms with Gasteiger partial charge in [-0.3, -0.25) is 4.79 Å². The maximum atomic E-state index is 10.6. The second-order valence-electron chi connectivity index (χ2n) is 4.49. The van der Waals surface area contributed by atoms with Crippen molar-refractivity contribution < 1.29 is 9.90 Å². The number of hydrogen-bond acceptors (Lipinski definition) is 4. The second kappa shape index (κ2) is 7.27. The Balaban J connectivity index is 2.26. The van der Waals surface area contributed by atoms with E-state index in [1.807, 2.05) is 5.38 Å². The standard InChI is InChI=1S/C12H20N2O2S/c1-9(2)10(3-4-11(15)16)5-6-13-12-14-7-8-17-12/h7-10H,3-6H2,1-2H3,(H,13,14)(H,15,16). The van der Waals surface area contributed by atoms with Gasteiger partial charge in [-0.25, -0.2) is 4.98 Å². The lowest BCUT2D eigenvalue weighted by molar-refractivity contribution is -0.137. The SMILES string of the molecule is CC(C)C(CCNc1nccs1)CCC(=O)O. The number of nitrogens with one attached hydrogen (secondary N) is 1. The molecule has 0 aliphatic heterocycles. The van der Waals surface area contributed by atoms with Crippen molar-refractivity contribution in [3.8, 4) is 0 Å². The van der Waals surface area contributed by atoms with Gasteiger partial charge in [-0.15, -0.1) is 11.3 Å². The molecule has 1 rings (SSSR count). The number of carboxylic acid groups (broad SMARTS) is 1. The van der Waals surface area contributed by atoms with Gasteiger partial charge < -0.3 is 10.4 Å². The maximum absolute atomic E-state index is 10.6. The first kappa shape index (κ1) is 14.0. The molecule has 2 N–H and O–H groups in total. The summed E-state index contributed by atoms with van der Waals surface area (Å²) >= 11 is 1.58. The Labute approximate surface area is 106 Å². The second-order valence-corrected chi connectivity index (χ2v) is 5.38. The largest absolute Gasteiger partial charge is 0.481 e. The van der Waals surface area contributed by atoms with Crippen LogP contribution >= 0.6 is 11.3 Å². The highest BCUT2D eigenvalue weighted by Gasteiger charge is 2.14. The molecule has 1 atom stereocenters. The summed E-state index contributed by atoms with van der Waals surface area (Å²) in [4.78, 5) is 14.7. The van der Waals surface area contributed by atoms with Crippen LogP contribution in [0, 0.1) is 11.8 Å². The fourth-order valence-corrected chi connectivity index (χ4v) is 2.35. The summed E-state index contributed by atoms with van der Waals surface area (Å²) in [7, 11) is 0.